The van der Waals surface area contributed by atoms with Crippen molar-refractivity contribution in [3.63, 3.8) is 0 Å². The first-order valence-electron chi connectivity index (χ1n) is 30.5. The van der Waals surface area contributed by atoms with Gasteiger partial charge >= 0.3 is 0 Å². The number of amides is 1. The van der Waals surface area contributed by atoms with E-state index in [1.807, 2.05) is 27.2 Å². The zero-order chi connectivity index (χ0) is 52.0. The molecule has 0 fully saturated rings. The van der Waals surface area contributed by atoms with E-state index in [1.54, 1.807) is 6.08 Å². The minimum absolute atomic E-state index is 0.00555. The third kappa shape index (κ3) is 56.0. The van der Waals surface area contributed by atoms with Crippen LogP contribution in [0.5, 0.6) is 0 Å². The number of hydrogen-bond donors (Lipinski definition) is 2. The fourth-order valence-corrected chi connectivity index (χ4v) is 9.69. The highest BCUT2D eigenvalue weighted by molar-refractivity contribution is 7.45. The number of allylic oxidation sites excluding steroid dienone is 7. The van der Waals surface area contributed by atoms with Crippen molar-refractivity contribution in [3.05, 3.63) is 48.6 Å². The van der Waals surface area contributed by atoms with Gasteiger partial charge in [0.1, 0.15) is 13.2 Å². The molecule has 0 aromatic rings. The molecule has 0 saturated carbocycles. The van der Waals surface area contributed by atoms with Crippen LogP contribution in [-0.2, 0) is 18.4 Å². The van der Waals surface area contributed by atoms with Gasteiger partial charge < -0.3 is 28.8 Å². The lowest BCUT2D eigenvalue weighted by Crippen LogP contribution is -2.45. The number of phosphoric acid groups is 1. The maximum absolute atomic E-state index is 12.9. The van der Waals surface area contributed by atoms with Gasteiger partial charge in [-0.2, -0.15) is 0 Å². The van der Waals surface area contributed by atoms with E-state index in [1.165, 1.54) is 225 Å². The fraction of sp³-hybridized carbons (Fsp3) is 0.855. The van der Waals surface area contributed by atoms with Crippen LogP contribution in [0, 0.1) is 0 Å². The van der Waals surface area contributed by atoms with Crippen molar-refractivity contribution in [1.82, 2.24) is 5.32 Å². The molecule has 0 aromatic heterocycles. The third-order valence-electron chi connectivity index (χ3n) is 13.8. The second-order valence-corrected chi connectivity index (χ2v) is 23.5. The van der Waals surface area contributed by atoms with Crippen LogP contribution < -0.4 is 10.2 Å². The number of phosphoric ester groups is 1. The monoisotopic (exact) mass is 1020 g/mol. The molecule has 3 unspecified atom stereocenters. The number of hydrogen-bond acceptors (Lipinski definition) is 6. The first-order valence-corrected chi connectivity index (χ1v) is 32.0. The van der Waals surface area contributed by atoms with Crippen LogP contribution in [0.4, 0.5) is 0 Å². The number of nitrogens with zero attached hydrogens (tertiary/aromatic N) is 1. The number of carbonyl (C=O) groups is 1. The van der Waals surface area contributed by atoms with E-state index in [4.69, 9.17) is 9.05 Å². The SMILES string of the molecule is CCCCCC/C=C/CC/C=C/C(O)C(COP(=O)([O-])OCC[N+](C)(C)C)NC(=O)CCCCCCCCCCCCCCCCCCCCCCCCCCCCC/C=C\C/C=C\CCCCCCC. The molecule has 8 nitrogen and oxygen atoms in total. The molecule has 0 aliphatic heterocycles. The molecule has 0 spiro atoms. The summed E-state index contributed by atoms with van der Waals surface area (Å²) in [5.74, 6) is -0.205. The Balaban J connectivity index is 3.81. The van der Waals surface area contributed by atoms with Gasteiger partial charge in [0.05, 0.1) is 39.9 Å². The molecule has 2 N–H and O–H groups in total. The predicted octanol–water partition coefficient (Wildman–Crippen LogP) is 18.1. The molecule has 9 heteroatoms. The van der Waals surface area contributed by atoms with Crippen molar-refractivity contribution in [2.24, 2.45) is 0 Å². The molecule has 0 radical (unpaired) electrons. The molecule has 1 amide bonds. The van der Waals surface area contributed by atoms with Crippen molar-refractivity contribution >= 4 is 13.7 Å². The van der Waals surface area contributed by atoms with Crippen molar-refractivity contribution < 1.29 is 32.9 Å². The average Bonchev–Trinajstić information content (AvgIpc) is 3.33. The Hall–Kier alpha value is -1.54. The zero-order valence-electron chi connectivity index (χ0n) is 47.7. The second-order valence-electron chi connectivity index (χ2n) is 22.0. The molecule has 418 valence electrons. The number of likely N-dealkylation sites (N-methyl/N-ethyl adjacent to an activating group) is 1. The predicted molar refractivity (Wildman–Crippen MR) is 307 cm³/mol. The lowest BCUT2D eigenvalue weighted by atomic mass is 10.0. The lowest BCUT2D eigenvalue weighted by molar-refractivity contribution is -0.870. The minimum Gasteiger partial charge on any atom is -0.756 e. The van der Waals surface area contributed by atoms with Crippen molar-refractivity contribution in [2.45, 2.75) is 302 Å². The normalized spacial score (nSPS) is 14.2. The molecule has 0 aromatic carbocycles. The third-order valence-corrected chi connectivity index (χ3v) is 14.7. The van der Waals surface area contributed by atoms with Crippen LogP contribution in [0.15, 0.2) is 48.6 Å². The van der Waals surface area contributed by atoms with Gasteiger partial charge in [0.15, 0.2) is 0 Å². The number of carbonyl (C=O) groups excluding carboxylic acids is 1. The Morgan fingerprint density at radius 2 is 0.831 bits per heavy atom. The zero-order valence-corrected chi connectivity index (χ0v) is 48.6. The number of unbranched alkanes of at least 4 members (excludes halogenated alkanes) is 37. The fourth-order valence-electron chi connectivity index (χ4n) is 8.97. The van der Waals surface area contributed by atoms with Crippen molar-refractivity contribution in [3.8, 4) is 0 Å². The van der Waals surface area contributed by atoms with E-state index in [9.17, 15) is 19.4 Å². The highest BCUT2D eigenvalue weighted by Gasteiger charge is 2.23. The summed E-state index contributed by atoms with van der Waals surface area (Å²) in [5.41, 5.74) is 0. The molecule has 3 atom stereocenters. The average molecular weight is 1020 g/mol. The summed E-state index contributed by atoms with van der Waals surface area (Å²) in [7, 11) is 1.25. The van der Waals surface area contributed by atoms with Crippen LogP contribution in [0.2, 0.25) is 0 Å². The molecule has 71 heavy (non-hydrogen) atoms. The van der Waals surface area contributed by atoms with Gasteiger partial charge in [-0.25, -0.2) is 0 Å². The summed E-state index contributed by atoms with van der Waals surface area (Å²) < 4.78 is 23.2. The van der Waals surface area contributed by atoms with Crippen LogP contribution in [0.1, 0.15) is 290 Å². The number of rotatable bonds is 56. The summed E-state index contributed by atoms with van der Waals surface area (Å²) in [5, 5.41) is 13.8. The summed E-state index contributed by atoms with van der Waals surface area (Å²) in [4.78, 5) is 25.4. The highest BCUT2D eigenvalue weighted by atomic mass is 31.2. The van der Waals surface area contributed by atoms with Gasteiger partial charge in [0.2, 0.25) is 5.91 Å². The lowest BCUT2D eigenvalue weighted by Gasteiger charge is -2.29. The Bertz CT molecular complexity index is 1290. The number of quaternary nitrogens is 1. The van der Waals surface area contributed by atoms with Gasteiger partial charge in [0, 0.05) is 6.42 Å². The second kappa shape index (κ2) is 53.3. The molecule has 0 saturated heterocycles. The van der Waals surface area contributed by atoms with Gasteiger partial charge in [-0.15, -0.1) is 0 Å². The molecular formula is C62H119N2O6P. The Labute approximate surface area is 441 Å². The molecule has 0 bridgehead atoms. The van der Waals surface area contributed by atoms with E-state index >= 15 is 0 Å². The van der Waals surface area contributed by atoms with Gasteiger partial charge in [-0.1, -0.05) is 268 Å². The molecule has 0 rings (SSSR count). The van der Waals surface area contributed by atoms with E-state index in [0.717, 1.165) is 44.9 Å². The van der Waals surface area contributed by atoms with E-state index in [-0.39, 0.29) is 12.5 Å². The Morgan fingerprint density at radius 1 is 0.493 bits per heavy atom. The Kier molecular flexibility index (Phi) is 52.1. The maximum atomic E-state index is 12.9. The number of aliphatic hydroxyl groups excluding tert-OH is 1. The van der Waals surface area contributed by atoms with E-state index in [2.05, 4.69) is 55.6 Å². The highest BCUT2D eigenvalue weighted by Crippen LogP contribution is 2.38. The van der Waals surface area contributed by atoms with Crippen LogP contribution in [0.3, 0.4) is 0 Å². The topological polar surface area (TPSA) is 108 Å². The van der Waals surface area contributed by atoms with Gasteiger partial charge in [-0.05, 0) is 64.2 Å². The number of aliphatic hydroxyl groups is 1. The molecular weight excluding hydrogens is 900 g/mol. The van der Waals surface area contributed by atoms with Crippen LogP contribution >= 0.6 is 7.82 Å². The maximum Gasteiger partial charge on any atom is 0.268 e. The Morgan fingerprint density at radius 3 is 1.24 bits per heavy atom. The summed E-state index contributed by atoms with van der Waals surface area (Å²) >= 11 is 0. The molecule has 0 aliphatic carbocycles. The van der Waals surface area contributed by atoms with Crippen LogP contribution in [0.25, 0.3) is 0 Å². The first-order chi connectivity index (χ1) is 34.5. The summed E-state index contributed by atoms with van der Waals surface area (Å²) in [6, 6.07) is -0.900. The van der Waals surface area contributed by atoms with E-state index < -0.39 is 26.6 Å². The van der Waals surface area contributed by atoms with E-state index in [0.29, 0.717) is 17.4 Å². The molecule has 0 aliphatic rings. The first kappa shape index (κ1) is 69.5. The van der Waals surface area contributed by atoms with Crippen molar-refractivity contribution in [1.29, 1.82) is 0 Å². The van der Waals surface area contributed by atoms with Crippen LogP contribution in [-0.4, -0.2) is 68.5 Å². The summed E-state index contributed by atoms with van der Waals surface area (Å²) in [6.45, 7) is 4.59. The van der Waals surface area contributed by atoms with Gasteiger partial charge in [0.25, 0.3) is 7.82 Å². The minimum atomic E-state index is -4.60. The van der Waals surface area contributed by atoms with Gasteiger partial charge in [-0.3, -0.25) is 9.36 Å². The van der Waals surface area contributed by atoms with Crippen molar-refractivity contribution in [2.75, 3.05) is 40.9 Å². The number of nitrogens with one attached hydrogen (secondary N) is 1. The molecule has 0 heterocycles. The standard InChI is InChI=1S/C62H119N2O6P/c1-6-8-10-12-14-16-18-19-20-21-22-23-24-25-26-27-28-29-30-31-32-33-34-35-36-37-38-39-40-41-42-43-44-45-46-48-50-52-54-56-62(66)63-60(59-70-71(67,68)69-58-57-64(3,4)5)61(65)55-53-51-49-47-17-15-13-11-9-7-2/h17-19,21-22,47,53,55,60-61,65H,6-16,20,23-46,48-52,54,56-59H2,1-5H3,(H-,63,66,67,68)/b19-18-,22-21-,47-17+,55-53+. The quantitative estimate of drug-likeness (QED) is 0.0272. The largest absolute Gasteiger partial charge is 0.756 e. The summed E-state index contributed by atoms with van der Waals surface area (Å²) in [6.07, 6.45) is 71.0. The smallest absolute Gasteiger partial charge is 0.268 e.